The van der Waals surface area contributed by atoms with Gasteiger partial charge in [0.05, 0.1) is 17.6 Å². The zero-order chi connectivity index (χ0) is 13.7. The number of aryl methyl sites for hydroxylation is 1. The van der Waals surface area contributed by atoms with E-state index >= 15 is 0 Å². The van der Waals surface area contributed by atoms with Crippen molar-refractivity contribution in [2.45, 2.75) is 38.7 Å². The van der Waals surface area contributed by atoms with Crippen LogP contribution in [0.5, 0.6) is 0 Å². The van der Waals surface area contributed by atoms with E-state index in [2.05, 4.69) is 25.1 Å². The molecule has 0 fully saturated rings. The lowest BCUT2D eigenvalue weighted by Crippen LogP contribution is -2.39. The summed E-state index contributed by atoms with van der Waals surface area (Å²) < 4.78 is 0. The summed E-state index contributed by atoms with van der Waals surface area (Å²) in [6.07, 6.45) is 2.58. The minimum absolute atomic E-state index is 0.509. The molecule has 2 unspecified atom stereocenters. The largest absolute Gasteiger partial charge is 0.391 e. The van der Waals surface area contributed by atoms with Gasteiger partial charge < -0.3 is 5.11 Å². The van der Waals surface area contributed by atoms with Crippen molar-refractivity contribution in [3.63, 3.8) is 0 Å². The predicted octanol–water partition coefficient (Wildman–Crippen LogP) is 3.19. The number of aliphatic hydroxyl groups excluding tert-OH is 1. The van der Waals surface area contributed by atoms with Gasteiger partial charge >= 0.3 is 0 Å². The van der Waals surface area contributed by atoms with Gasteiger partial charge in [-0.15, -0.1) is 0 Å². The monoisotopic (exact) mass is 275 g/mol. The average Bonchev–Trinajstić information content (AvgIpc) is 2.46. The molecule has 1 aliphatic carbocycles. The van der Waals surface area contributed by atoms with E-state index in [1.165, 1.54) is 11.1 Å². The zero-order valence-electron chi connectivity index (χ0n) is 11.4. The van der Waals surface area contributed by atoms with Gasteiger partial charge in [0.25, 0.3) is 0 Å². The SMILES string of the molecule is CCSCCC(O)C1(C#N)CCc2ccccc2C1. The highest BCUT2D eigenvalue weighted by molar-refractivity contribution is 7.99. The van der Waals surface area contributed by atoms with E-state index in [0.717, 1.165) is 24.3 Å². The number of thioether (sulfide) groups is 1. The molecule has 0 heterocycles. The molecule has 2 atom stereocenters. The van der Waals surface area contributed by atoms with E-state index in [1.54, 1.807) is 0 Å². The molecule has 0 saturated carbocycles. The molecular formula is C16H21NOS. The summed E-state index contributed by atoms with van der Waals surface area (Å²) in [5, 5.41) is 20.0. The van der Waals surface area contributed by atoms with E-state index in [4.69, 9.17) is 0 Å². The van der Waals surface area contributed by atoms with Crippen LogP contribution in [0.25, 0.3) is 0 Å². The smallest absolute Gasteiger partial charge is 0.0875 e. The first kappa shape index (κ1) is 14.4. The van der Waals surface area contributed by atoms with Crippen LogP contribution >= 0.6 is 11.8 Å². The maximum Gasteiger partial charge on any atom is 0.0875 e. The van der Waals surface area contributed by atoms with Crippen LogP contribution in [0.1, 0.15) is 30.9 Å². The minimum Gasteiger partial charge on any atom is -0.391 e. The number of hydrogen-bond donors (Lipinski definition) is 1. The van der Waals surface area contributed by atoms with E-state index in [-0.39, 0.29) is 0 Å². The summed E-state index contributed by atoms with van der Waals surface area (Å²) in [7, 11) is 0. The van der Waals surface area contributed by atoms with Crippen molar-refractivity contribution in [1.29, 1.82) is 5.26 Å². The lowest BCUT2D eigenvalue weighted by Gasteiger charge is -2.36. The van der Waals surface area contributed by atoms with Crippen molar-refractivity contribution in [2.24, 2.45) is 5.41 Å². The van der Waals surface area contributed by atoms with Crippen LogP contribution in [0.3, 0.4) is 0 Å². The molecule has 3 heteroatoms. The number of hydrogen-bond acceptors (Lipinski definition) is 3. The Kier molecular flexibility index (Phi) is 4.90. The van der Waals surface area contributed by atoms with Crippen LogP contribution < -0.4 is 0 Å². The third kappa shape index (κ3) is 3.13. The van der Waals surface area contributed by atoms with Crippen molar-refractivity contribution < 1.29 is 5.11 Å². The van der Waals surface area contributed by atoms with Crippen molar-refractivity contribution in [2.75, 3.05) is 11.5 Å². The molecule has 0 aliphatic heterocycles. The lowest BCUT2D eigenvalue weighted by molar-refractivity contribution is 0.0514. The van der Waals surface area contributed by atoms with E-state index < -0.39 is 11.5 Å². The molecule has 0 saturated heterocycles. The summed E-state index contributed by atoms with van der Waals surface area (Å²) >= 11 is 1.83. The summed E-state index contributed by atoms with van der Waals surface area (Å²) in [5.74, 6) is 2.00. The maximum atomic E-state index is 10.4. The Morgan fingerprint density at radius 3 is 2.84 bits per heavy atom. The first-order valence-corrected chi connectivity index (χ1v) is 8.11. The molecule has 0 amide bonds. The number of rotatable bonds is 5. The van der Waals surface area contributed by atoms with E-state index in [0.29, 0.717) is 12.8 Å². The van der Waals surface area contributed by atoms with Gasteiger partial charge in [0.2, 0.25) is 0 Å². The summed E-state index contributed by atoms with van der Waals surface area (Å²) in [6.45, 7) is 2.12. The summed E-state index contributed by atoms with van der Waals surface area (Å²) in [6, 6.07) is 10.7. The predicted molar refractivity (Wildman–Crippen MR) is 80.1 cm³/mol. The molecule has 0 radical (unpaired) electrons. The van der Waals surface area contributed by atoms with E-state index in [9.17, 15) is 10.4 Å². The van der Waals surface area contributed by atoms with Crippen LogP contribution in [0.4, 0.5) is 0 Å². The second-order valence-electron chi connectivity index (χ2n) is 5.21. The molecule has 0 bridgehead atoms. The Morgan fingerprint density at radius 2 is 2.16 bits per heavy atom. The van der Waals surface area contributed by atoms with Crippen LogP contribution in [0.2, 0.25) is 0 Å². The highest BCUT2D eigenvalue weighted by atomic mass is 32.2. The van der Waals surface area contributed by atoms with Crippen molar-refractivity contribution in [3.05, 3.63) is 35.4 Å². The Hall–Kier alpha value is -0.980. The number of nitrogens with zero attached hydrogens (tertiary/aromatic N) is 1. The molecule has 1 N–H and O–H groups in total. The maximum absolute atomic E-state index is 10.4. The van der Waals surface area contributed by atoms with Crippen molar-refractivity contribution in [1.82, 2.24) is 0 Å². The quantitative estimate of drug-likeness (QED) is 0.839. The highest BCUT2D eigenvalue weighted by Crippen LogP contribution is 2.39. The molecule has 1 aromatic rings. The third-order valence-electron chi connectivity index (χ3n) is 4.07. The van der Waals surface area contributed by atoms with Crippen LogP contribution in [-0.2, 0) is 12.8 Å². The standard InChI is InChI=1S/C16H21NOS/c1-2-19-10-8-15(18)16(12-17)9-7-13-5-3-4-6-14(13)11-16/h3-6,15,18H,2,7-11H2,1H3. The van der Waals surface area contributed by atoms with Crippen LogP contribution in [0.15, 0.2) is 24.3 Å². The fourth-order valence-electron chi connectivity index (χ4n) is 2.83. The van der Waals surface area contributed by atoms with Crippen molar-refractivity contribution in [3.8, 4) is 6.07 Å². The topological polar surface area (TPSA) is 44.0 Å². The summed E-state index contributed by atoms with van der Waals surface area (Å²) in [5.41, 5.74) is 1.99. The number of benzene rings is 1. The fourth-order valence-corrected chi connectivity index (χ4v) is 3.51. The molecule has 0 spiro atoms. The van der Waals surface area contributed by atoms with Gasteiger partial charge in [0, 0.05) is 0 Å². The Balaban J connectivity index is 2.11. The second kappa shape index (κ2) is 6.45. The lowest BCUT2D eigenvalue weighted by atomic mass is 9.68. The zero-order valence-corrected chi connectivity index (χ0v) is 12.2. The average molecular weight is 275 g/mol. The van der Waals surface area contributed by atoms with Gasteiger partial charge in [-0.3, -0.25) is 0 Å². The Labute approximate surface area is 119 Å². The second-order valence-corrected chi connectivity index (χ2v) is 6.61. The first-order chi connectivity index (χ1) is 9.22. The van der Waals surface area contributed by atoms with Gasteiger partial charge in [-0.05, 0) is 48.3 Å². The molecule has 0 aromatic heterocycles. The molecular weight excluding hydrogens is 254 g/mol. The van der Waals surface area contributed by atoms with Gasteiger partial charge in [0.1, 0.15) is 0 Å². The Morgan fingerprint density at radius 1 is 1.42 bits per heavy atom. The van der Waals surface area contributed by atoms with Gasteiger partial charge in [-0.25, -0.2) is 0 Å². The van der Waals surface area contributed by atoms with E-state index in [1.807, 2.05) is 23.9 Å². The molecule has 1 aliphatic rings. The van der Waals surface area contributed by atoms with Crippen molar-refractivity contribution >= 4 is 11.8 Å². The molecule has 1 aromatic carbocycles. The Bertz CT molecular complexity index is 468. The first-order valence-electron chi connectivity index (χ1n) is 6.95. The molecule has 19 heavy (non-hydrogen) atoms. The molecule has 102 valence electrons. The number of aliphatic hydroxyl groups is 1. The highest BCUT2D eigenvalue weighted by Gasteiger charge is 2.40. The van der Waals surface area contributed by atoms with Gasteiger partial charge in [0.15, 0.2) is 0 Å². The molecule has 2 nitrogen and oxygen atoms in total. The number of fused-ring (bicyclic) bond motifs is 1. The molecule has 2 rings (SSSR count). The van der Waals surface area contributed by atoms with Gasteiger partial charge in [-0.1, -0.05) is 31.2 Å². The number of nitriles is 1. The summed E-state index contributed by atoms with van der Waals surface area (Å²) in [4.78, 5) is 0. The van der Waals surface area contributed by atoms with Crippen LogP contribution in [0, 0.1) is 16.7 Å². The minimum atomic E-state index is -0.581. The third-order valence-corrected chi connectivity index (χ3v) is 5.00. The van der Waals surface area contributed by atoms with Gasteiger partial charge in [-0.2, -0.15) is 17.0 Å². The normalized spacial score (nSPS) is 23.4. The fraction of sp³-hybridized carbons (Fsp3) is 0.562. The van der Waals surface area contributed by atoms with Crippen LogP contribution in [-0.4, -0.2) is 22.7 Å².